The molecule has 0 aromatic carbocycles. The summed E-state index contributed by atoms with van der Waals surface area (Å²) < 4.78 is 5.51. The molecule has 0 aliphatic heterocycles. The maximum Gasteiger partial charge on any atom is 0.239 e. The first kappa shape index (κ1) is 17.7. The SMILES string of the molecule is CN(CCOCC1CC1)C(=O)[C@@H](N)C(C)(C)C.Cl. The highest BCUT2D eigenvalue weighted by atomic mass is 35.5. The second-order valence-corrected chi connectivity index (χ2v) is 6.12. The van der Waals surface area contributed by atoms with Crippen molar-refractivity contribution in [2.45, 2.75) is 39.7 Å². The smallest absolute Gasteiger partial charge is 0.239 e. The van der Waals surface area contributed by atoms with Crippen LogP contribution in [0.4, 0.5) is 0 Å². The van der Waals surface area contributed by atoms with E-state index in [1.54, 1.807) is 11.9 Å². The number of nitrogens with two attached hydrogens (primary N) is 1. The highest BCUT2D eigenvalue weighted by molar-refractivity contribution is 5.85. The van der Waals surface area contributed by atoms with E-state index in [0.717, 1.165) is 12.5 Å². The number of likely N-dealkylation sites (N-methyl/N-ethyl adjacent to an activating group) is 1. The van der Waals surface area contributed by atoms with Gasteiger partial charge in [-0.25, -0.2) is 0 Å². The minimum absolute atomic E-state index is 0. The van der Waals surface area contributed by atoms with Gasteiger partial charge in [-0.3, -0.25) is 4.79 Å². The van der Waals surface area contributed by atoms with Gasteiger partial charge in [0.2, 0.25) is 5.91 Å². The third-order valence-electron chi connectivity index (χ3n) is 3.20. The van der Waals surface area contributed by atoms with Crippen molar-refractivity contribution in [2.75, 3.05) is 26.8 Å². The lowest BCUT2D eigenvalue weighted by Crippen LogP contribution is -2.49. The monoisotopic (exact) mass is 278 g/mol. The molecule has 2 N–H and O–H groups in total. The second-order valence-electron chi connectivity index (χ2n) is 6.12. The van der Waals surface area contributed by atoms with Gasteiger partial charge in [-0.05, 0) is 24.2 Å². The van der Waals surface area contributed by atoms with E-state index in [1.165, 1.54) is 12.8 Å². The van der Waals surface area contributed by atoms with Crippen LogP contribution in [-0.2, 0) is 9.53 Å². The molecule has 108 valence electrons. The molecule has 1 rings (SSSR count). The molecular weight excluding hydrogens is 252 g/mol. The first-order valence-corrected chi connectivity index (χ1v) is 6.40. The Morgan fingerprint density at radius 3 is 2.44 bits per heavy atom. The summed E-state index contributed by atoms with van der Waals surface area (Å²) in [6, 6.07) is -0.448. The molecular formula is C13H27ClN2O2. The molecule has 1 amide bonds. The minimum atomic E-state index is -0.448. The molecule has 0 saturated heterocycles. The van der Waals surface area contributed by atoms with Gasteiger partial charge in [0.15, 0.2) is 0 Å². The summed E-state index contributed by atoms with van der Waals surface area (Å²) in [6.07, 6.45) is 2.59. The number of ether oxygens (including phenoxy) is 1. The Labute approximate surface area is 117 Å². The molecule has 0 unspecified atom stereocenters. The molecule has 4 nitrogen and oxygen atoms in total. The third kappa shape index (κ3) is 6.03. The highest BCUT2D eigenvalue weighted by Crippen LogP contribution is 2.28. The Bertz CT molecular complexity index is 262. The molecule has 1 saturated carbocycles. The maximum atomic E-state index is 12.0. The van der Waals surface area contributed by atoms with Crippen LogP contribution in [0.25, 0.3) is 0 Å². The number of nitrogens with zero attached hydrogens (tertiary/aromatic N) is 1. The summed E-state index contributed by atoms with van der Waals surface area (Å²) in [4.78, 5) is 13.6. The Morgan fingerprint density at radius 2 is 2.00 bits per heavy atom. The van der Waals surface area contributed by atoms with E-state index in [4.69, 9.17) is 10.5 Å². The van der Waals surface area contributed by atoms with Crippen molar-refractivity contribution in [3.63, 3.8) is 0 Å². The van der Waals surface area contributed by atoms with E-state index < -0.39 is 6.04 Å². The number of amides is 1. The Morgan fingerprint density at radius 1 is 1.44 bits per heavy atom. The van der Waals surface area contributed by atoms with Gasteiger partial charge >= 0.3 is 0 Å². The average Bonchev–Trinajstić information content (AvgIpc) is 3.04. The molecule has 0 radical (unpaired) electrons. The molecule has 0 spiro atoms. The van der Waals surface area contributed by atoms with Gasteiger partial charge in [0.25, 0.3) is 0 Å². The Hall–Kier alpha value is -0.320. The van der Waals surface area contributed by atoms with Crippen LogP contribution >= 0.6 is 12.4 Å². The number of carbonyl (C=O) groups is 1. The molecule has 0 aromatic rings. The second kappa shape index (κ2) is 7.31. The van der Waals surface area contributed by atoms with E-state index in [2.05, 4.69) is 0 Å². The summed E-state index contributed by atoms with van der Waals surface area (Å²) in [7, 11) is 1.79. The highest BCUT2D eigenvalue weighted by Gasteiger charge is 2.29. The normalized spacial score (nSPS) is 16.9. The van der Waals surface area contributed by atoms with Crippen LogP contribution in [0, 0.1) is 11.3 Å². The summed E-state index contributed by atoms with van der Waals surface area (Å²) in [5.74, 6) is 0.764. The maximum absolute atomic E-state index is 12.0. The van der Waals surface area contributed by atoms with Crippen molar-refractivity contribution in [2.24, 2.45) is 17.1 Å². The van der Waals surface area contributed by atoms with Crippen molar-refractivity contribution in [1.29, 1.82) is 0 Å². The average molecular weight is 279 g/mol. The van der Waals surface area contributed by atoms with Crippen LogP contribution in [0.1, 0.15) is 33.6 Å². The lowest BCUT2D eigenvalue weighted by Gasteiger charge is -2.29. The third-order valence-corrected chi connectivity index (χ3v) is 3.20. The quantitative estimate of drug-likeness (QED) is 0.752. The predicted octanol–water partition coefficient (Wildman–Crippen LogP) is 1.67. The summed E-state index contributed by atoms with van der Waals surface area (Å²) in [5.41, 5.74) is 5.73. The first-order chi connectivity index (χ1) is 7.82. The number of rotatable bonds is 6. The summed E-state index contributed by atoms with van der Waals surface area (Å²) in [6.45, 7) is 8.01. The van der Waals surface area contributed by atoms with E-state index in [9.17, 15) is 4.79 Å². The van der Waals surface area contributed by atoms with Crippen molar-refractivity contribution in [1.82, 2.24) is 4.90 Å². The van der Waals surface area contributed by atoms with Gasteiger partial charge in [-0.1, -0.05) is 20.8 Å². The first-order valence-electron chi connectivity index (χ1n) is 6.40. The summed E-state index contributed by atoms with van der Waals surface area (Å²) >= 11 is 0. The van der Waals surface area contributed by atoms with Crippen molar-refractivity contribution in [3.05, 3.63) is 0 Å². The van der Waals surface area contributed by atoms with Crippen LogP contribution in [0.5, 0.6) is 0 Å². The number of halogens is 1. The number of hydrogen-bond acceptors (Lipinski definition) is 3. The van der Waals surface area contributed by atoms with Crippen LogP contribution in [0.15, 0.2) is 0 Å². The topological polar surface area (TPSA) is 55.6 Å². The van der Waals surface area contributed by atoms with Gasteiger partial charge in [0.05, 0.1) is 12.6 Å². The van der Waals surface area contributed by atoms with E-state index in [0.29, 0.717) is 13.2 Å². The van der Waals surface area contributed by atoms with E-state index >= 15 is 0 Å². The van der Waals surface area contributed by atoms with E-state index in [-0.39, 0.29) is 23.7 Å². The number of carbonyl (C=O) groups excluding carboxylic acids is 1. The zero-order chi connectivity index (χ0) is 13.1. The zero-order valence-electron chi connectivity index (χ0n) is 11.9. The molecule has 5 heteroatoms. The molecule has 1 aliphatic rings. The van der Waals surface area contributed by atoms with E-state index in [1.807, 2.05) is 20.8 Å². The van der Waals surface area contributed by atoms with Gasteiger partial charge in [0, 0.05) is 20.2 Å². The van der Waals surface area contributed by atoms with Gasteiger partial charge in [-0.15, -0.1) is 12.4 Å². The fraction of sp³-hybridized carbons (Fsp3) is 0.923. The zero-order valence-corrected chi connectivity index (χ0v) is 12.8. The lowest BCUT2D eigenvalue weighted by atomic mass is 9.86. The fourth-order valence-corrected chi connectivity index (χ4v) is 1.45. The van der Waals surface area contributed by atoms with Crippen LogP contribution in [-0.4, -0.2) is 43.7 Å². The van der Waals surface area contributed by atoms with Crippen LogP contribution in [0.3, 0.4) is 0 Å². The molecule has 0 aromatic heterocycles. The number of hydrogen-bond donors (Lipinski definition) is 1. The molecule has 1 aliphatic carbocycles. The van der Waals surface area contributed by atoms with Crippen molar-refractivity contribution >= 4 is 18.3 Å². The van der Waals surface area contributed by atoms with Crippen LogP contribution in [0.2, 0.25) is 0 Å². The van der Waals surface area contributed by atoms with Gasteiger partial charge < -0.3 is 15.4 Å². The van der Waals surface area contributed by atoms with Gasteiger partial charge in [0.1, 0.15) is 0 Å². The standard InChI is InChI=1S/C13H26N2O2.ClH/c1-13(2,3)11(14)12(16)15(4)7-8-17-9-10-5-6-10;/h10-11H,5-9,14H2,1-4H3;1H/t11-;/m1./s1. The molecule has 18 heavy (non-hydrogen) atoms. The predicted molar refractivity (Wildman–Crippen MR) is 75.9 cm³/mol. The molecule has 0 heterocycles. The molecule has 1 fully saturated rings. The Kier molecular flexibility index (Phi) is 7.18. The Balaban J connectivity index is 0.00000289. The molecule has 0 bridgehead atoms. The fourth-order valence-electron chi connectivity index (χ4n) is 1.45. The largest absolute Gasteiger partial charge is 0.379 e. The lowest BCUT2D eigenvalue weighted by molar-refractivity contribution is -0.134. The van der Waals surface area contributed by atoms with Gasteiger partial charge in [-0.2, -0.15) is 0 Å². The summed E-state index contributed by atoms with van der Waals surface area (Å²) in [5, 5.41) is 0. The van der Waals surface area contributed by atoms with Crippen molar-refractivity contribution < 1.29 is 9.53 Å². The minimum Gasteiger partial charge on any atom is -0.379 e. The van der Waals surface area contributed by atoms with Crippen molar-refractivity contribution in [3.8, 4) is 0 Å². The molecule has 1 atom stereocenters. The van der Waals surface area contributed by atoms with Crippen LogP contribution < -0.4 is 5.73 Å².